The van der Waals surface area contributed by atoms with Gasteiger partial charge >= 0.3 is 6.36 Å². The number of nitrogens with zero attached hydrogens (tertiary/aromatic N) is 6. The number of rotatable bonds is 7. The minimum atomic E-state index is -4.75. The lowest BCUT2D eigenvalue weighted by Gasteiger charge is -2.32. The van der Waals surface area contributed by atoms with Crippen molar-refractivity contribution in [2.75, 3.05) is 24.2 Å². The Hall–Kier alpha value is -3.74. The molecule has 3 aromatic heterocycles. The quantitative estimate of drug-likeness (QED) is 0.332. The number of halogens is 3. The van der Waals surface area contributed by atoms with E-state index in [1.54, 1.807) is 23.2 Å². The van der Waals surface area contributed by atoms with Crippen LogP contribution in [0.15, 0.2) is 53.2 Å². The van der Waals surface area contributed by atoms with Crippen LogP contribution in [0, 0.1) is 6.92 Å². The maximum absolute atomic E-state index is 12.4. The molecule has 4 heterocycles. The fraction of sp³-hybridized carbons (Fsp3) is 0.360. The highest BCUT2D eigenvalue weighted by atomic mass is 32.2. The van der Waals surface area contributed by atoms with Crippen LogP contribution in [-0.4, -0.2) is 60.1 Å². The van der Waals surface area contributed by atoms with Gasteiger partial charge < -0.3 is 14.2 Å². The van der Waals surface area contributed by atoms with Crippen LogP contribution in [0.3, 0.4) is 0 Å². The summed E-state index contributed by atoms with van der Waals surface area (Å²) < 4.78 is 60.0. The molecule has 4 aromatic rings. The highest BCUT2D eigenvalue weighted by molar-refractivity contribution is 7.84. The number of piperidine rings is 1. The summed E-state index contributed by atoms with van der Waals surface area (Å²) >= 11 is 0. The topological polar surface area (TPSA) is 99.2 Å². The van der Waals surface area contributed by atoms with Crippen molar-refractivity contribution in [2.24, 2.45) is 0 Å². The van der Waals surface area contributed by atoms with E-state index in [9.17, 15) is 17.4 Å². The van der Waals surface area contributed by atoms with Crippen LogP contribution < -0.4 is 9.64 Å². The molecule has 0 spiro atoms. The third-order valence-electron chi connectivity index (χ3n) is 6.35. The van der Waals surface area contributed by atoms with Crippen molar-refractivity contribution in [3.8, 4) is 28.6 Å². The summed E-state index contributed by atoms with van der Waals surface area (Å²) in [7, 11) is -0.805. The van der Waals surface area contributed by atoms with Crippen molar-refractivity contribution < 1.29 is 26.6 Å². The minimum absolute atomic E-state index is 0.241. The Kier molecular flexibility index (Phi) is 7.19. The molecule has 38 heavy (non-hydrogen) atoms. The number of anilines is 1. The van der Waals surface area contributed by atoms with Gasteiger partial charge in [0.1, 0.15) is 23.1 Å². The van der Waals surface area contributed by atoms with Crippen molar-refractivity contribution in [3.63, 3.8) is 0 Å². The average Bonchev–Trinajstić information content (AvgIpc) is 3.51. The lowest BCUT2D eigenvalue weighted by atomic mass is 10.1. The lowest BCUT2D eigenvalue weighted by molar-refractivity contribution is -0.274. The number of aryl methyl sites for hydroxylation is 1. The smallest absolute Gasteiger partial charge is 0.406 e. The van der Waals surface area contributed by atoms with Crippen LogP contribution in [0.2, 0.25) is 0 Å². The Morgan fingerprint density at radius 3 is 2.55 bits per heavy atom. The van der Waals surface area contributed by atoms with E-state index in [1.807, 2.05) is 19.1 Å². The van der Waals surface area contributed by atoms with Gasteiger partial charge in [0.05, 0.1) is 6.54 Å². The Labute approximate surface area is 219 Å². The van der Waals surface area contributed by atoms with E-state index in [1.165, 1.54) is 24.3 Å². The minimum Gasteiger partial charge on any atom is -0.406 e. The molecule has 0 bridgehead atoms. The van der Waals surface area contributed by atoms with Crippen molar-refractivity contribution in [1.29, 1.82) is 0 Å². The molecule has 1 unspecified atom stereocenters. The molecule has 0 aliphatic carbocycles. The molecule has 5 rings (SSSR count). The van der Waals surface area contributed by atoms with Gasteiger partial charge in [0, 0.05) is 53.2 Å². The monoisotopic (exact) mass is 546 g/mol. The SMILES string of the molecule is Cc1nc(-c2cc(-c3ccc(OC(F)(F)F)cc3)no2)nn1Cc1ccnc(N2CCC(S(C)=O)CC2)c1. The van der Waals surface area contributed by atoms with Gasteiger partial charge in [-0.2, -0.15) is 0 Å². The first-order chi connectivity index (χ1) is 18.1. The summed E-state index contributed by atoms with van der Waals surface area (Å²) in [5.74, 6) is 1.93. The average molecular weight is 547 g/mol. The molecular weight excluding hydrogens is 521 g/mol. The summed E-state index contributed by atoms with van der Waals surface area (Å²) in [5.41, 5.74) is 2.00. The Morgan fingerprint density at radius 1 is 1.13 bits per heavy atom. The Balaban J connectivity index is 1.27. The summed E-state index contributed by atoms with van der Waals surface area (Å²) in [6, 6.07) is 10.9. The molecule has 1 aromatic carbocycles. The zero-order valence-corrected chi connectivity index (χ0v) is 21.5. The summed E-state index contributed by atoms with van der Waals surface area (Å²) in [4.78, 5) is 11.2. The predicted octanol–water partition coefficient (Wildman–Crippen LogP) is 4.60. The first-order valence-electron chi connectivity index (χ1n) is 11.9. The van der Waals surface area contributed by atoms with E-state index in [4.69, 9.17) is 4.52 Å². The van der Waals surface area contributed by atoms with E-state index in [2.05, 4.69) is 29.9 Å². The number of hydrogen-bond donors (Lipinski definition) is 0. The number of alkyl halides is 3. The lowest BCUT2D eigenvalue weighted by Crippen LogP contribution is -2.37. The second kappa shape index (κ2) is 10.6. The molecule has 0 N–H and O–H groups in total. The van der Waals surface area contributed by atoms with Gasteiger partial charge in [-0.3, -0.25) is 4.21 Å². The van der Waals surface area contributed by atoms with Gasteiger partial charge in [-0.05, 0) is 61.7 Å². The molecule has 0 saturated carbocycles. The van der Waals surface area contributed by atoms with Crippen LogP contribution in [0.1, 0.15) is 24.2 Å². The first kappa shape index (κ1) is 25.9. The maximum Gasteiger partial charge on any atom is 0.573 e. The van der Waals surface area contributed by atoms with Gasteiger partial charge in [0.25, 0.3) is 0 Å². The summed E-state index contributed by atoms with van der Waals surface area (Å²) in [6.45, 7) is 3.95. The van der Waals surface area contributed by atoms with Crippen molar-refractivity contribution in [3.05, 3.63) is 60.0 Å². The Morgan fingerprint density at radius 2 is 1.87 bits per heavy atom. The first-order valence-corrected chi connectivity index (χ1v) is 13.5. The zero-order chi connectivity index (χ0) is 26.9. The third-order valence-corrected chi connectivity index (χ3v) is 7.76. The fourth-order valence-electron chi connectivity index (χ4n) is 4.34. The van der Waals surface area contributed by atoms with Crippen LogP contribution in [0.5, 0.6) is 5.75 Å². The second-order valence-corrected chi connectivity index (χ2v) is 10.7. The number of benzene rings is 1. The highest BCUT2D eigenvalue weighted by Gasteiger charge is 2.31. The van der Waals surface area contributed by atoms with Crippen molar-refractivity contribution >= 4 is 16.6 Å². The summed E-state index contributed by atoms with van der Waals surface area (Å²) in [6.07, 6.45) is 0.547. The molecule has 9 nitrogen and oxygen atoms in total. The number of pyridine rings is 1. The molecule has 1 atom stereocenters. The van der Waals surface area contributed by atoms with E-state index in [-0.39, 0.29) is 11.0 Å². The molecule has 1 aliphatic rings. The van der Waals surface area contributed by atoms with Crippen molar-refractivity contribution in [2.45, 2.75) is 37.9 Å². The molecule has 1 saturated heterocycles. The predicted molar refractivity (Wildman–Crippen MR) is 135 cm³/mol. The van der Waals surface area contributed by atoms with Gasteiger partial charge in [0.2, 0.25) is 11.6 Å². The molecule has 0 amide bonds. The van der Waals surface area contributed by atoms with Crippen LogP contribution in [0.4, 0.5) is 19.0 Å². The van der Waals surface area contributed by atoms with E-state index in [0.29, 0.717) is 35.2 Å². The number of hydrogen-bond acceptors (Lipinski definition) is 8. The standard InChI is InChI=1S/C25H25F3N6O3S/c1-16-30-24(22-14-21(32-37-22)18-3-5-19(6-4-18)36-25(26,27)28)31-34(16)15-17-7-10-29-23(13-17)33-11-8-20(9-12-33)38(2)35/h3-7,10,13-14,20H,8-9,11-12,15H2,1-2H3. The van der Waals surface area contributed by atoms with Crippen LogP contribution in [0.25, 0.3) is 22.8 Å². The molecule has 1 fully saturated rings. The van der Waals surface area contributed by atoms with Gasteiger partial charge in [-0.1, -0.05) is 5.16 Å². The molecular formula is C25H25F3N6O3S. The molecule has 1 aliphatic heterocycles. The van der Waals surface area contributed by atoms with E-state index in [0.717, 1.165) is 37.3 Å². The molecule has 200 valence electrons. The van der Waals surface area contributed by atoms with Crippen molar-refractivity contribution in [1.82, 2.24) is 24.9 Å². The summed E-state index contributed by atoms with van der Waals surface area (Å²) in [5, 5.41) is 8.82. The molecule has 0 radical (unpaired) electrons. The Bertz CT molecular complexity index is 1430. The van der Waals surface area contributed by atoms with E-state index < -0.39 is 17.2 Å². The largest absolute Gasteiger partial charge is 0.573 e. The van der Waals surface area contributed by atoms with E-state index >= 15 is 0 Å². The third kappa shape index (κ3) is 6.04. The maximum atomic E-state index is 12.4. The van der Waals surface area contributed by atoms with Crippen LogP contribution >= 0.6 is 0 Å². The second-order valence-electron chi connectivity index (χ2n) is 9.00. The highest BCUT2D eigenvalue weighted by Crippen LogP contribution is 2.28. The van der Waals surface area contributed by atoms with Gasteiger partial charge in [0.15, 0.2) is 0 Å². The molecule has 13 heteroatoms. The van der Waals surface area contributed by atoms with Gasteiger partial charge in [-0.15, -0.1) is 18.3 Å². The van der Waals surface area contributed by atoms with Crippen LogP contribution in [-0.2, 0) is 17.3 Å². The fourth-order valence-corrected chi connectivity index (χ4v) is 5.21. The number of ether oxygens (including phenoxy) is 1. The zero-order valence-electron chi connectivity index (χ0n) is 20.7. The van der Waals surface area contributed by atoms with Gasteiger partial charge in [-0.25, -0.2) is 14.6 Å². The number of aromatic nitrogens is 5. The normalized spacial score (nSPS) is 15.6.